The number of aliphatic hydroxyl groups is 1. The van der Waals surface area contributed by atoms with Crippen molar-refractivity contribution in [1.29, 1.82) is 0 Å². The van der Waals surface area contributed by atoms with Crippen LogP contribution in [-0.2, 0) is 4.79 Å². The molecule has 0 spiro atoms. The molecule has 2 unspecified atom stereocenters. The highest BCUT2D eigenvalue weighted by Gasteiger charge is 2.20. The molecule has 0 aromatic heterocycles. The average Bonchev–Trinajstić information content (AvgIpc) is 2.05. The summed E-state index contributed by atoms with van der Waals surface area (Å²) in [4.78, 5) is 10.6. The van der Waals surface area contributed by atoms with Crippen LogP contribution in [0.15, 0.2) is 0 Å². The molecule has 12 heavy (non-hydrogen) atoms. The van der Waals surface area contributed by atoms with Crippen LogP contribution < -0.4 is 0 Å². The summed E-state index contributed by atoms with van der Waals surface area (Å²) < 4.78 is 0. The molecule has 1 N–H and O–H groups in total. The quantitative estimate of drug-likeness (QED) is 0.622. The van der Waals surface area contributed by atoms with Gasteiger partial charge in [-0.05, 0) is 12.3 Å². The van der Waals surface area contributed by atoms with E-state index in [0.717, 1.165) is 25.5 Å². The molecule has 72 valence electrons. The van der Waals surface area contributed by atoms with Gasteiger partial charge in [0, 0.05) is 5.92 Å². The first-order chi connectivity index (χ1) is 5.63. The van der Waals surface area contributed by atoms with Gasteiger partial charge in [0.1, 0.15) is 6.29 Å². The highest BCUT2D eigenvalue weighted by Crippen LogP contribution is 2.16. The molecule has 0 rings (SSSR count). The minimum absolute atomic E-state index is 0.162. The molecule has 2 heteroatoms. The number of aldehydes is 1. The molecule has 2 atom stereocenters. The molecule has 0 bridgehead atoms. The van der Waals surface area contributed by atoms with Gasteiger partial charge in [-0.2, -0.15) is 0 Å². The van der Waals surface area contributed by atoms with E-state index in [1.165, 1.54) is 0 Å². The van der Waals surface area contributed by atoms with Gasteiger partial charge >= 0.3 is 0 Å². The van der Waals surface area contributed by atoms with Crippen molar-refractivity contribution >= 4 is 6.29 Å². The smallest absolute Gasteiger partial charge is 0.125 e. The Bertz CT molecular complexity index is 121. The molecule has 0 aromatic rings. The lowest BCUT2D eigenvalue weighted by molar-refractivity contribution is -0.115. The van der Waals surface area contributed by atoms with Crippen molar-refractivity contribution in [3.05, 3.63) is 0 Å². The minimum atomic E-state index is -0.464. The summed E-state index contributed by atoms with van der Waals surface area (Å²) in [5.41, 5.74) is 0. The van der Waals surface area contributed by atoms with Gasteiger partial charge in [0.15, 0.2) is 0 Å². The Morgan fingerprint density at radius 1 is 1.42 bits per heavy atom. The molecule has 0 fully saturated rings. The average molecular weight is 172 g/mol. The third-order valence-corrected chi connectivity index (χ3v) is 2.19. The van der Waals surface area contributed by atoms with E-state index in [9.17, 15) is 9.90 Å². The fraction of sp³-hybridized carbons (Fsp3) is 0.900. The molecule has 0 aliphatic heterocycles. The molecule has 0 aliphatic rings. The summed E-state index contributed by atoms with van der Waals surface area (Å²) in [6.45, 7) is 5.96. The summed E-state index contributed by atoms with van der Waals surface area (Å²) in [5.74, 6) is 0.0157. The van der Waals surface area contributed by atoms with Crippen molar-refractivity contribution in [2.24, 2.45) is 11.8 Å². The van der Waals surface area contributed by atoms with Crippen LogP contribution in [0.2, 0.25) is 0 Å². The zero-order valence-electron chi connectivity index (χ0n) is 8.29. The van der Waals surface area contributed by atoms with E-state index >= 15 is 0 Å². The van der Waals surface area contributed by atoms with E-state index in [4.69, 9.17) is 0 Å². The van der Waals surface area contributed by atoms with Crippen molar-refractivity contribution in [2.75, 3.05) is 0 Å². The SMILES string of the molecule is CCCCC(C=O)C(O)C(C)C. The number of carbonyl (C=O) groups excluding carboxylic acids is 1. The van der Waals surface area contributed by atoms with Gasteiger partial charge in [0.2, 0.25) is 0 Å². The summed E-state index contributed by atoms with van der Waals surface area (Å²) in [7, 11) is 0. The van der Waals surface area contributed by atoms with Crippen LogP contribution in [0.1, 0.15) is 40.0 Å². The van der Waals surface area contributed by atoms with Crippen molar-refractivity contribution in [3.8, 4) is 0 Å². The second-order valence-electron chi connectivity index (χ2n) is 3.68. The third kappa shape index (κ3) is 3.86. The van der Waals surface area contributed by atoms with Crippen molar-refractivity contribution in [1.82, 2.24) is 0 Å². The van der Waals surface area contributed by atoms with E-state index < -0.39 is 6.10 Å². The van der Waals surface area contributed by atoms with Crippen LogP contribution in [-0.4, -0.2) is 17.5 Å². The predicted molar refractivity (Wildman–Crippen MR) is 49.9 cm³/mol. The molecule has 0 saturated carbocycles. The molecular weight excluding hydrogens is 152 g/mol. The molecule has 0 radical (unpaired) electrons. The Morgan fingerprint density at radius 2 is 2.00 bits per heavy atom. The zero-order valence-corrected chi connectivity index (χ0v) is 8.29. The number of aliphatic hydroxyl groups excluding tert-OH is 1. The highest BCUT2D eigenvalue weighted by molar-refractivity contribution is 5.54. The fourth-order valence-corrected chi connectivity index (χ4v) is 1.25. The first kappa shape index (κ1) is 11.6. The lowest BCUT2D eigenvalue weighted by Gasteiger charge is -2.20. The highest BCUT2D eigenvalue weighted by atomic mass is 16.3. The second kappa shape index (κ2) is 6.18. The summed E-state index contributed by atoms with van der Waals surface area (Å²) >= 11 is 0. The maximum absolute atomic E-state index is 10.6. The lowest BCUT2D eigenvalue weighted by atomic mass is 9.90. The molecule has 0 aromatic carbocycles. The van der Waals surface area contributed by atoms with E-state index in [0.29, 0.717) is 0 Å². The Hall–Kier alpha value is -0.370. The number of carbonyl (C=O) groups is 1. The lowest BCUT2D eigenvalue weighted by Crippen LogP contribution is -2.26. The maximum Gasteiger partial charge on any atom is 0.125 e. The van der Waals surface area contributed by atoms with Gasteiger partial charge < -0.3 is 9.90 Å². The number of hydrogen-bond donors (Lipinski definition) is 1. The second-order valence-corrected chi connectivity index (χ2v) is 3.68. The van der Waals surface area contributed by atoms with Gasteiger partial charge in [-0.25, -0.2) is 0 Å². The minimum Gasteiger partial charge on any atom is -0.392 e. The third-order valence-electron chi connectivity index (χ3n) is 2.19. The Morgan fingerprint density at radius 3 is 2.33 bits per heavy atom. The number of unbranched alkanes of at least 4 members (excludes halogenated alkanes) is 1. The van der Waals surface area contributed by atoms with Crippen molar-refractivity contribution in [3.63, 3.8) is 0 Å². The normalized spacial score (nSPS) is 16.1. The van der Waals surface area contributed by atoms with Crippen molar-refractivity contribution in [2.45, 2.75) is 46.1 Å². The molecular formula is C10H20O2. The fourth-order valence-electron chi connectivity index (χ4n) is 1.25. The Labute approximate surface area is 75.0 Å². The molecule has 2 nitrogen and oxygen atoms in total. The number of hydrogen-bond acceptors (Lipinski definition) is 2. The van der Waals surface area contributed by atoms with Crippen LogP contribution in [0, 0.1) is 11.8 Å². The summed E-state index contributed by atoms with van der Waals surface area (Å²) in [6.07, 6.45) is 3.34. The largest absolute Gasteiger partial charge is 0.392 e. The van der Waals surface area contributed by atoms with E-state index in [2.05, 4.69) is 6.92 Å². The van der Waals surface area contributed by atoms with E-state index in [1.807, 2.05) is 13.8 Å². The summed E-state index contributed by atoms with van der Waals surface area (Å²) in [5, 5.41) is 9.58. The van der Waals surface area contributed by atoms with Crippen LogP contribution in [0.25, 0.3) is 0 Å². The van der Waals surface area contributed by atoms with Gasteiger partial charge in [-0.1, -0.05) is 33.6 Å². The van der Waals surface area contributed by atoms with Crippen LogP contribution in [0.3, 0.4) is 0 Å². The monoisotopic (exact) mass is 172 g/mol. The standard InChI is InChI=1S/C10H20O2/c1-4-5-6-9(7-11)10(12)8(2)3/h7-10,12H,4-6H2,1-3H3. The van der Waals surface area contributed by atoms with Crippen LogP contribution in [0.5, 0.6) is 0 Å². The van der Waals surface area contributed by atoms with Gasteiger partial charge in [-0.15, -0.1) is 0 Å². The Kier molecular flexibility index (Phi) is 5.99. The molecule has 0 saturated heterocycles. The topological polar surface area (TPSA) is 37.3 Å². The maximum atomic E-state index is 10.6. The predicted octanol–water partition coefficient (Wildman–Crippen LogP) is 2.01. The zero-order chi connectivity index (χ0) is 9.56. The Balaban J connectivity index is 3.87. The first-order valence-corrected chi connectivity index (χ1v) is 4.76. The van der Waals surface area contributed by atoms with Crippen LogP contribution >= 0.6 is 0 Å². The molecule has 0 aliphatic carbocycles. The van der Waals surface area contributed by atoms with E-state index in [-0.39, 0.29) is 11.8 Å². The van der Waals surface area contributed by atoms with Crippen molar-refractivity contribution < 1.29 is 9.90 Å². The van der Waals surface area contributed by atoms with E-state index in [1.54, 1.807) is 0 Å². The van der Waals surface area contributed by atoms with Gasteiger partial charge in [0.25, 0.3) is 0 Å². The first-order valence-electron chi connectivity index (χ1n) is 4.76. The van der Waals surface area contributed by atoms with Crippen LogP contribution in [0.4, 0.5) is 0 Å². The summed E-state index contributed by atoms with van der Waals surface area (Å²) in [6, 6.07) is 0. The van der Waals surface area contributed by atoms with Gasteiger partial charge in [-0.3, -0.25) is 0 Å². The number of rotatable bonds is 6. The van der Waals surface area contributed by atoms with Gasteiger partial charge in [0.05, 0.1) is 6.10 Å². The molecule has 0 amide bonds. The molecule has 0 heterocycles.